The molecule has 126 valence electrons. The van der Waals surface area contributed by atoms with Gasteiger partial charge in [0.2, 0.25) is 0 Å². The SMILES string of the molecule is CCc1cc(OC)c(OC)c2c1ccc1cc(OC)c(OC)cc12. The first-order valence-electron chi connectivity index (χ1n) is 7.90. The molecule has 4 nitrogen and oxygen atoms in total. The summed E-state index contributed by atoms with van der Waals surface area (Å²) in [5.41, 5.74) is 1.22. The molecule has 0 aliphatic heterocycles. The van der Waals surface area contributed by atoms with E-state index in [9.17, 15) is 0 Å². The summed E-state index contributed by atoms with van der Waals surface area (Å²) in [5, 5.41) is 4.31. The van der Waals surface area contributed by atoms with Crippen LogP contribution in [0, 0.1) is 0 Å². The molecule has 0 amide bonds. The summed E-state index contributed by atoms with van der Waals surface area (Å²) in [6.45, 7) is 2.14. The summed E-state index contributed by atoms with van der Waals surface area (Å²) in [5.74, 6) is 2.88. The van der Waals surface area contributed by atoms with Crippen molar-refractivity contribution >= 4 is 21.5 Å². The predicted octanol–water partition coefficient (Wildman–Crippen LogP) is 4.59. The molecule has 3 aromatic rings. The fourth-order valence-corrected chi connectivity index (χ4v) is 3.23. The molecule has 3 rings (SSSR count). The summed E-state index contributed by atoms with van der Waals surface area (Å²) in [6.07, 6.45) is 0.912. The van der Waals surface area contributed by atoms with E-state index in [-0.39, 0.29) is 0 Å². The molecular formula is C20H22O4. The molecule has 0 fully saturated rings. The summed E-state index contributed by atoms with van der Waals surface area (Å²) >= 11 is 0. The summed E-state index contributed by atoms with van der Waals surface area (Å²) < 4.78 is 22.2. The van der Waals surface area contributed by atoms with Crippen LogP contribution in [0.3, 0.4) is 0 Å². The van der Waals surface area contributed by atoms with Gasteiger partial charge in [0.05, 0.1) is 28.4 Å². The molecule has 3 aromatic carbocycles. The lowest BCUT2D eigenvalue weighted by Gasteiger charge is -2.17. The standard InChI is InChI=1S/C20H22O4/c1-6-12-9-18(23-4)20(24-5)19-14(12)8-7-13-10-16(21-2)17(22-3)11-15(13)19/h7-11H,6H2,1-5H3. The van der Waals surface area contributed by atoms with Gasteiger partial charge in [-0.15, -0.1) is 0 Å². The van der Waals surface area contributed by atoms with Crippen molar-refractivity contribution in [2.45, 2.75) is 13.3 Å². The predicted molar refractivity (Wildman–Crippen MR) is 97.0 cm³/mol. The van der Waals surface area contributed by atoms with E-state index >= 15 is 0 Å². The van der Waals surface area contributed by atoms with Gasteiger partial charge in [-0.2, -0.15) is 0 Å². The molecule has 0 atom stereocenters. The third-order valence-corrected chi connectivity index (χ3v) is 4.43. The van der Waals surface area contributed by atoms with Crippen LogP contribution < -0.4 is 18.9 Å². The van der Waals surface area contributed by atoms with Gasteiger partial charge >= 0.3 is 0 Å². The highest BCUT2D eigenvalue weighted by atomic mass is 16.5. The van der Waals surface area contributed by atoms with Gasteiger partial charge in [-0.1, -0.05) is 19.1 Å². The van der Waals surface area contributed by atoms with Gasteiger partial charge in [0.15, 0.2) is 23.0 Å². The normalized spacial score (nSPS) is 10.9. The first-order valence-corrected chi connectivity index (χ1v) is 7.90. The highest BCUT2D eigenvalue weighted by Gasteiger charge is 2.17. The van der Waals surface area contributed by atoms with E-state index in [1.54, 1.807) is 28.4 Å². The second-order valence-electron chi connectivity index (χ2n) is 5.54. The summed E-state index contributed by atoms with van der Waals surface area (Å²) in [4.78, 5) is 0. The van der Waals surface area contributed by atoms with E-state index in [0.717, 1.165) is 39.5 Å². The molecule has 0 spiro atoms. The van der Waals surface area contributed by atoms with Crippen molar-refractivity contribution in [3.8, 4) is 23.0 Å². The fraction of sp³-hybridized carbons (Fsp3) is 0.300. The van der Waals surface area contributed by atoms with Gasteiger partial charge in [0.25, 0.3) is 0 Å². The minimum atomic E-state index is 0.695. The van der Waals surface area contributed by atoms with Crippen molar-refractivity contribution in [2.75, 3.05) is 28.4 Å². The summed E-state index contributed by atoms with van der Waals surface area (Å²) in [7, 11) is 6.62. The van der Waals surface area contributed by atoms with Crippen LogP contribution in [0.2, 0.25) is 0 Å². The van der Waals surface area contributed by atoms with Crippen molar-refractivity contribution in [1.82, 2.24) is 0 Å². The smallest absolute Gasteiger partial charge is 0.169 e. The maximum Gasteiger partial charge on any atom is 0.169 e. The number of benzene rings is 3. The molecular weight excluding hydrogens is 304 g/mol. The second-order valence-corrected chi connectivity index (χ2v) is 5.54. The van der Waals surface area contributed by atoms with Gasteiger partial charge in [-0.3, -0.25) is 0 Å². The zero-order valence-corrected chi connectivity index (χ0v) is 14.7. The first-order chi connectivity index (χ1) is 11.7. The van der Waals surface area contributed by atoms with Crippen LogP contribution in [-0.4, -0.2) is 28.4 Å². The topological polar surface area (TPSA) is 36.9 Å². The van der Waals surface area contributed by atoms with Crippen molar-refractivity contribution in [3.63, 3.8) is 0 Å². The maximum absolute atomic E-state index is 5.69. The van der Waals surface area contributed by atoms with E-state index in [1.165, 1.54) is 5.56 Å². The van der Waals surface area contributed by atoms with Crippen LogP contribution >= 0.6 is 0 Å². The number of fused-ring (bicyclic) bond motifs is 3. The number of hydrogen-bond acceptors (Lipinski definition) is 4. The molecule has 0 saturated carbocycles. The lowest BCUT2D eigenvalue weighted by molar-refractivity contribution is 0.355. The van der Waals surface area contributed by atoms with Crippen LogP contribution in [0.15, 0.2) is 30.3 Å². The van der Waals surface area contributed by atoms with Crippen molar-refractivity contribution in [2.24, 2.45) is 0 Å². The molecule has 0 aliphatic carbocycles. The Labute approximate surface area is 141 Å². The van der Waals surface area contributed by atoms with Crippen molar-refractivity contribution in [3.05, 3.63) is 35.9 Å². The highest BCUT2D eigenvalue weighted by Crippen LogP contribution is 2.44. The van der Waals surface area contributed by atoms with E-state index < -0.39 is 0 Å². The van der Waals surface area contributed by atoms with Gasteiger partial charge in [0, 0.05) is 5.39 Å². The molecule has 0 aliphatic rings. The quantitative estimate of drug-likeness (QED) is 0.643. The van der Waals surface area contributed by atoms with E-state index in [1.807, 2.05) is 18.2 Å². The van der Waals surface area contributed by atoms with E-state index in [2.05, 4.69) is 19.1 Å². The van der Waals surface area contributed by atoms with Crippen molar-refractivity contribution < 1.29 is 18.9 Å². The largest absolute Gasteiger partial charge is 0.493 e. The average molecular weight is 326 g/mol. The first kappa shape index (κ1) is 16.2. The van der Waals surface area contributed by atoms with Gasteiger partial charge in [-0.25, -0.2) is 0 Å². The molecule has 0 radical (unpaired) electrons. The average Bonchev–Trinajstić information content (AvgIpc) is 2.64. The van der Waals surface area contributed by atoms with Gasteiger partial charge in [0.1, 0.15) is 0 Å². The van der Waals surface area contributed by atoms with Crippen LogP contribution in [0.1, 0.15) is 12.5 Å². The maximum atomic E-state index is 5.69. The number of rotatable bonds is 5. The zero-order valence-electron chi connectivity index (χ0n) is 14.7. The Kier molecular flexibility index (Phi) is 4.38. The molecule has 0 aromatic heterocycles. The van der Waals surface area contributed by atoms with Crippen LogP contribution in [0.4, 0.5) is 0 Å². The number of ether oxygens (including phenoxy) is 4. The summed E-state index contributed by atoms with van der Waals surface area (Å²) in [6, 6.07) is 10.3. The number of aryl methyl sites for hydroxylation is 1. The van der Waals surface area contributed by atoms with Crippen LogP contribution in [0.5, 0.6) is 23.0 Å². The van der Waals surface area contributed by atoms with E-state index in [4.69, 9.17) is 18.9 Å². The molecule has 0 unspecified atom stereocenters. The molecule has 24 heavy (non-hydrogen) atoms. The van der Waals surface area contributed by atoms with Gasteiger partial charge < -0.3 is 18.9 Å². The monoisotopic (exact) mass is 326 g/mol. The Morgan fingerprint density at radius 2 is 1.38 bits per heavy atom. The molecule has 0 N–H and O–H groups in total. The Balaban J connectivity index is 2.52. The number of hydrogen-bond donors (Lipinski definition) is 0. The molecule has 0 saturated heterocycles. The molecule has 4 heteroatoms. The Morgan fingerprint density at radius 1 is 0.708 bits per heavy atom. The molecule has 0 bridgehead atoms. The fourth-order valence-electron chi connectivity index (χ4n) is 3.23. The lowest BCUT2D eigenvalue weighted by Crippen LogP contribution is -1.96. The number of methoxy groups -OCH3 is 4. The van der Waals surface area contributed by atoms with Crippen molar-refractivity contribution in [1.29, 1.82) is 0 Å². The highest BCUT2D eigenvalue weighted by molar-refractivity contribution is 6.13. The lowest BCUT2D eigenvalue weighted by atomic mass is 9.95. The third kappa shape index (κ3) is 2.39. The molecule has 0 heterocycles. The minimum Gasteiger partial charge on any atom is -0.493 e. The Bertz CT molecular complexity index is 899. The third-order valence-electron chi connectivity index (χ3n) is 4.43. The van der Waals surface area contributed by atoms with Gasteiger partial charge in [-0.05, 0) is 46.3 Å². The van der Waals surface area contributed by atoms with Crippen LogP contribution in [0.25, 0.3) is 21.5 Å². The Morgan fingerprint density at radius 3 is 1.96 bits per heavy atom. The second kappa shape index (κ2) is 6.48. The van der Waals surface area contributed by atoms with E-state index in [0.29, 0.717) is 11.5 Å². The minimum absolute atomic E-state index is 0.695. The zero-order chi connectivity index (χ0) is 17.3. The Hall–Kier alpha value is -2.62. The van der Waals surface area contributed by atoms with Crippen LogP contribution in [-0.2, 0) is 6.42 Å².